The van der Waals surface area contributed by atoms with Gasteiger partial charge in [-0.05, 0) is 21.0 Å². The van der Waals surface area contributed by atoms with E-state index in [1.165, 1.54) is 0 Å². The third kappa shape index (κ3) is 5.06. The summed E-state index contributed by atoms with van der Waals surface area (Å²) in [4.78, 5) is 26.2. The molecule has 1 aliphatic heterocycles. The van der Waals surface area contributed by atoms with Gasteiger partial charge >= 0.3 is 0 Å². The van der Waals surface area contributed by atoms with Gasteiger partial charge in [0.1, 0.15) is 6.23 Å². The van der Waals surface area contributed by atoms with Gasteiger partial charge in [0.2, 0.25) is 12.5 Å². The van der Waals surface area contributed by atoms with E-state index in [1.807, 2.05) is 66.7 Å². The zero-order chi connectivity index (χ0) is 25.1. The van der Waals surface area contributed by atoms with E-state index in [9.17, 15) is 14.9 Å². The van der Waals surface area contributed by atoms with Gasteiger partial charge in [0.15, 0.2) is 0 Å². The predicted molar refractivity (Wildman–Crippen MR) is 139 cm³/mol. The Morgan fingerprint density at radius 3 is 1.86 bits per heavy atom. The van der Waals surface area contributed by atoms with Crippen LogP contribution in [0.5, 0.6) is 0 Å². The first-order chi connectivity index (χ1) is 16.7. The summed E-state index contributed by atoms with van der Waals surface area (Å²) < 4.78 is 7.24. The fourth-order valence-corrected chi connectivity index (χ4v) is 9.87. The summed E-state index contributed by atoms with van der Waals surface area (Å²) in [5, 5.41) is 13.5. The van der Waals surface area contributed by atoms with Gasteiger partial charge in [0.25, 0.3) is 8.32 Å². The molecule has 0 radical (unpaired) electrons. The highest BCUT2D eigenvalue weighted by atomic mass is 28.4. The van der Waals surface area contributed by atoms with Crippen LogP contribution >= 0.6 is 0 Å². The van der Waals surface area contributed by atoms with E-state index in [-0.39, 0.29) is 28.8 Å². The van der Waals surface area contributed by atoms with E-state index >= 15 is 0 Å². The molecule has 0 saturated carbocycles. The zero-order valence-corrected chi connectivity index (χ0v) is 21.5. The molecule has 6 nitrogen and oxygen atoms in total. The maximum atomic E-state index is 13.2. The van der Waals surface area contributed by atoms with Crippen LogP contribution in [0.3, 0.4) is 0 Å². The van der Waals surface area contributed by atoms with Crippen LogP contribution in [0.2, 0.25) is 5.04 Å². The quantitative estimate of drug-likeness (QED) is 0.270. The number of rotatable bonds is 8. The second kappa shape index (κ2) is 10.1. The van der Waals surface area contributed by atoms with Crippen LogP contribution < -0.4 is 10.4 Å². The Bertz CT molecular complexity index is 1110. The molecule has 3 aromatic carbocycles. The first kappa shape index (κ1) is 24.8. The summed E-state index contributed by atoms with van der Waals surface area (Å²) in [6.45, 7) is 6.55. The first-order valence-corrected chi connectivity index (χ1v) is 13.9. The van der Waals surface area contributed by atoms with Crippen molar-refractivity contribution in [3.05, 3.63) is 107 Å². The van der Waals surface area contributed by atoms with Crippen molar-refractivity contribution in [3.63, 3.8) is 0 Å². The topological polar surface area (TPSA) is 72.7 Å². The molecule has 35 heavy (non-hydrogen) atoms. The first-order valence-electron chi connectivity index (χ1n) is 12.0. The van der Waals surface area contributed by atoms with E-state index in [4.69, 9.17) is 4.43 Å². The number of carbonyl (C=O) groups is 1. The minimum absolute atomic E-state index is 0.108. The van der Waals surface area contributed by atoms with Gasteiger partial charge < -0.3 is 9.33 Å². The molecule has 1 aliphatic rings. The second-order valence-electron chi connectivity index (χ2n) is 10.2. The number of hydrogen-bond donors (Lipinski definition) is 0. The van der Waals surface area contributed by atoms with Crippen molar-refractivity contribution in [2.45, 2.75) is 45.0 Å². The molecule has 1 saturated heterocycles. The van der Waals surface area contributed by atoms with Crippen LogP contribution in [0.4, 0.5) is 0 Å². The molecule has 1 heterocycles. The largest absolute Gasteiger partial charge is 0.387 e. The Hall–Kier alpha value is -3.29. The highest BCUT2D eigenvalue weighted by molar-refractivity contribution is 6.99. The molecule has 1 fully saturated rings. The Balaban J connectivity index is 1.86. The van der Waals surface area contributed by atoms with Crippen molar-refractivity contribution >= 4 is 24.6 Å². The number of nitro groups is 1. The number of likely N-dealkylation sites (tertiary alicyclic amines) is 1. The van der Waals surface area contributed by atoms with E-state index in [2.05, 4.69) is 45.0 Å². The third-order valence-electron chi connectivity index (χ3n) is 6.76. The Morgan fingerprint density at radius 2 is 1.40 bits per heavy atom. The van der Waals surface area contributed by atoms with Crippen molar-refractivity contribution in [2.24, 2.45) is 5.92 Å². The van der Waals surface area contributed by atoms with Crippen molar-refractivity contribution in [3.8, 4) is 0 Å². The fraction of sp³-hybridized carbons (Fsp3) is 0.321. The van der Waals surface area contributed by atoms with E-state index in [1.54, 1.807) is 4.90 Å². The van der Waals surface area contributed by atoms with E-state index in [0.29, 0.717) is 6.54 Å². The standard InChI is InChI=1S/C28H32N2O4Si/c1-28(2,3)35(24-15-9-5-10-16-24,25-17-11-6-12-18-25)34-27-23(21-30(32)33)19-26(31)29(27)20-22-13-7-4-8-14-22/h4-18,23,27H,19-21H2,1-3H3/t23-,27-/m0/s1. The van der Waals surface area contributed by atoms with Gasteiger partial charge in [-0.2, -0.15) is 0 Å². The zero-order valence-electron chi connectivity index (χ0n) is 20.5. The van der Waals surface area contributed by atoms with Gasteiger partial charge in [0.05, 0.1) is 5.92 Å². The molecule has 0 spiro atoms. The number of nitrogens with zero attached hydrogens (tertiary/aromatic N) is 2. The smallest absolute Gasteiger partial charge is 0.263 e. The summed E-state index contributed by atoms with van der Waals surface area (Å²) >= 11 is 0. The molecule has 182 valence electrons. The van der Waals surface area contributed by atoms with Gasteiger partial charge in [-0.3, -0.25) is 14.9 Å². The summed E-state index contributed by atoms with van der Waals surface area (Å²) in [5.74, 6) is -0.633. The van der Waals surface area contributed by atoms with Crippen LogP contribution in [0.1, 0.15) is 32.8 Å². The highest BCUT2D eigenvalue weighted by Gasteiger charge is 2.55. The molecule has 2 atom stereocenters. The van der Waals surface area contributed by atoms with Crippen LogP contribution in [0.25, 0.3) is 0 Å². The molecule has 0 bridgehead atoms. The molecule has 0 aromatic heterocycles. The van der Waals surface area contributed by atoms with Crippen molar-refractivity contribution in [1.29, 1.82) is 0 Å². The average Bonchev–Trinajstić information content (AvgIpc) is 3.11. The average molecular weight is 489 g/mol. The molecule has 0 N–H and O–H groups in total. The van der Waals surface area contributed by atoms with Crippen molar-refractivity contribution < 1.29 is 14.1 Å². The number of benzene rings is 3. The molecule has 3 aromatic rings. The fourth-order valence-electron chi connectivity index (χ4n) is 5.18. The van der Waals surface area contributed by atoms with Crippen LogP contribution in [-0.4, -0.2) is 36.8 Å². The van der Waals surface area contributed by atoms with Gasteiger partial charge in [-0.15, -0.1) is 0 Å². The lowest BCUT2D eigenvalue weighted by Gasteiger charge is -2.46. The Morgan fingerprint density at radius 1 is 0.914 bits per heavy atom. The SMILES string of the molecule is CC(C)(C)[Si](O[C@H]1[C@H](C[N+](=O)[O-])CC(=O)N1Cc1ccccc1)(c1ccccc1)c1ccccc1. The number of amides is 1. The molecular weight excluding hydrogens is 456 g/mol. The van der Waals surface area contributed by atoms with E-state index in [0.717, 1.165) is 15.9 Å². The number of hydrogen-bond acceptors (Lipinski definition) is 4. The molecule has 4 rings (SSSR count). The number of carbonyl (C=O) groups excluding carboxylic acids is 1. The molecule has 7 heteroatoms. The third-order valence-corrected chi connectivity index (χ3v) is 11.8. The minimum Gasteiger partial charge on any atom is -0.387 e. The van der Waals surface area contributed by atoms with Gasteiger partial charge in [-0.1, -0.05) is 112 Å². The maximum Gasteiger partial charge on any atom is 0.263 e. The Kier molecular flexibility index (Phi) is 7.19. The van der Waals surface area contributed by atoms with Crippen LogP contribution in [0.15, 0.2) is 91.0 Å². The summed E-state index contributed by atoms with van der Waals surface area (Å²) in [6.07, 6.45) is -0.587. The monoisotopic (exact) mass is 488 g/mol. The normalized spacial score (nSPS) is 18.6. The second-order valence-corrected chi connectivity index (χ2v) is 14.4. The molecule has 0 unspecified atom stereocenters. The molecular formula is C28H32N2O4Si. The lowest BCUT2D eigenvalue weighted by Crippen LogP contribution is -2.69. The van der Waals surface area contributed by atoms with E-state index < -0.39 is 20.5 Å². The molecule has 1 amide bonds. The van der Waals surface area contributed by atoms with Gasteiger partial charge in [-0.25, -0.2) is 0 Å². The highest BCUT2D eigenvalue weighted by Crippen LogP contribution is 2.41. The summed E-state index contributed by atoms with van der Waals surface area (Å²) in [5.41, 5.74) is 0.971. The lowest BCUT2D eigenvalue weighted by molar-refractivity contribution is -0.490. The molecule has 0 aliphatic carbocycles. The van der Waals surface area contributed by atoms with Crippen molar-refractivity contribution in [1.82, 2.24) is 4.90 Å². The summed E-state index contributed by atoms with van der Waals surface area (Å²) in [6, 6.07) is 30.1. The van der Waals surface area contributed by atoms with Crippen LogP contribution in [-0.2, 0) is 15.8 Å². The Labute approximate surface area is 207 Å². The maximum absolute atomic E-state index is 13.2. The van der Waals surface area contributed by atoms with Gasteiger partial charge in [0, 0.05) is 17.9 Å². The van der Waals surface area contributed by atoms with Crippen molar-refractivity contribution in [2.75, 3.05) is 6.54 Å². The minimum atomic E-state index is -3.01. The summed E-state index contributed by atoms with van der Waals surface area (Å²) in [7, 11) is -3.01. The lowest BCUT2D eigenvalue weighted by atomic mass is 10.1. The van der Waals surface area contributed by atoms with Crippen LogP contribution in [0, 0.1) is 16.0 Å². The predicted octanol–water partition coefficient (Wildman–Crippen LogP) is 4.21.